The molecule has 0 unspecified atom stereocenters. The van der Waals surface area contributed by atoms with Crippen LogP contribution in [-0.4, -0.2) is 15.8 Å². The Bertz CT molecular complexity index is 797. The number of nitrogens with zero attached hydrogens (tertiary/aromatic N) is 1. The van der Waals surface area contributed by atoms with E-state index in [9.17, 15) is 0 Å². The third-order valence-electron chi connectivity index (χ3n) is 3.45. The Morgan fingerprint density at radius 1 is 1.09 bits per heavy atom. The second-order valence-corrected chi connectivity index (χ2v) is 5.05. The van der Waals surface area contributed by atoms with Gasteiger partial charge in [-0.25, -0.2) is 4.98 Å². The van der Waals surface area contributed by atoms with E-state index in [2.05, 4.69) is 10.3 Å². The summed E-state index contributed by atoms with van der Waals surface area (Å²) in [6.45, 7) is 0.437. The molecule has 0 saturated heterocycles. The van der Waals surface area contributed by atoms with Crippen LogP contribution in [0.5, 0.6) is 0 Å². The van der Waals surface area contributed by atoms with Crippen LogP contribution >= 0.6 is 0 Å². The van der Waals surface area contributed by atoms with Gasteiger partial charge in [-0.15, -0.1) is 0 Å². The summed E-state index contributed by atoms with van der Waals surface area (Å²) in [5, 5.41) is 20.7. The predicted molar refractivity (Wildman–Crippen MR) is 88.6 cm³/mol. The molecule has 1 heterocycles. The summed E-state index contributed by atoms with van der Waals surface area (Å²) >= 11 is 0. The standard InChI is InChI=1S/C18H17N3O2/c19-17(18-21-11-14(12-22)23-18)15-8-4-5-9-16(15)20-10-13-6-2-1-3-7-13/h1-9,11,19-20,22H,10,12H2. The zero-order valence-corrected chi connectivity index (χ0v) is 12.5. The summed E-state index contributed by atoms with van der Waals surface area (Å²) in [7, 11) is 0. The van der Waals surface area contributed by atoms with E-state index < -0.39 is 0 Å². The molecular weight excluding hydrogens is 290 g/mol. The molecule has 0 spiro atoms. The lowest BCUT2D eigenvalue weighted by molar-refractivity contribution is 0.246. The number of benzene rings is 2. The summed E-state index contributed by atoms with van der Waals surface area (Å²) in [5.74, 6) is 0.544. The SMILES string of the molecule is N=C(c1ncc(CO)o1)c1ccccc1NCc1ccccc1. The lowest BCUT2D eigenvalue weighted by Crippen LogP contribution is -2.08. The molecule has 0 radical (unpaired) electrons. The largest absolute Gasteiger partial charge is 0.437 e. The maximum Gasteiger partial charge on any atom is 0.245 e. The van der Waals surface area contributed by atoms with Crippen molar-refractivity contribution < 1.29 is 9.52 Å². The molecule has 0 aliphatic carbocycles. The van der Waals surface area contributed by atoms with Crippen LogP contribution < -0.4 is 5.32 Å². The zero-order valence-electron chi connectivity index (χ0n) is 12.5. The van der Waals surface area contributed by atoms with Crippen molar-refractivity contribution in [2.45, 2.75) is 13.2 Å². The van der Waals surface area contributed by atoms with E-state index in [1.165, 1.54) is 6.20 Å². The molecule has 0 amide bonds. The van der Waals surface area contributed by atoms with Gasteiger partial charge >= 0.3 is 0 Å². The molecule has 0 aliphatic heterocycles. The van der Waals surface area contributed by atoms with Gasteiger partial charge in [-0.05, 0) is 11.6 Å². The van der Waals surface area contributed by atoms with Crippen LogP contribution in [0.3, 0.4) is 0 Å². The molecule has 0 fully saturated rings. The van der Waals surface area contributed by atoms with Crippen LogP contribution in [0, 0.1) is 5.41 Å². The Balaban J connectivity index is 1.81. The highest BCUT2D eigenvalue weighted by Crippen LogP contribution is 2.20. The molecule has 5 heteroatoms. The van der Waals surface area contributed by atoms with E-state index in [-0.39, 0.29) is 18.2 Å². The van der Waals surface area contributed by atoms with Crippen molar-refractivity contribution in [3.05, 3.63) is 83.6 Å². The average molecular weight is 307 g/mol. The predicted octanol–water partition coefficient (Wildman–Crippen LogP) is 3.20. The Morgan fingerprint density at radius 3 is 2.57 bits per heavy atom. The highest BCUT2D eigenvalue weighted by Gasteiger charge is 2.14. The van der Waals surface area contributed by atoms with Crippen LogP contribution in [0.1, 0.15) is 22.8 Å². The zero-order chi connectivity index (χ0) is 16.1. The Morgan fingerprint density at radius 2 is 1.83 bits per heavy atom. The van der Waals surface area contributed by atoms with Crippen molar-refractivity contribution in [2.24, 2.45) is 0 Å². The number of aliphatic hydroxyl groups is 1. The smallest absolute Gasteiger partial charge is 0.245 e. The Kier molecular flexibility index (Phi) is 4.49. The molecular formula is C18H17N3O2. The van der Waals surface area contributed by atoms with Crippen molar-refractivity contribution in [1.82, 2.24) is 4.98 Å². The van der Waals surface area contributed by atoms with Crippen LogP contribution in [0.2, 0.25) is 0 Å². The summed E-state index contributed by atoms with van der Waals surface area (Å²) in [5.41, 5.74) is 2.88. The van der Waals surface area contributed by atoms with E-state index in [4.69, 9.17) is 14.9 Å². The van der Waals surface area contributed by atoms with E-state index >= 15 is 0 Å². The maximum atomic E-state index is 9.05. The highest BCUT2D eigenvalue weighted by atomic mass is 16.4. The molecule has 0 atom stereocenters. The lowest BCUT2D eigenvalue weighted by Gasteiger charge is -2.11. The van der Waals surface area contributed by atoms with Gasteiger partial charge in [0.2, 0.25) is 5.89 Å². The topological polar surface area (TPSA) is 82.1 Å². The Hall–Kier alpha value is -2.92. The molecule has 3 N–H and O–H groups in total. The minimum Gasteiger partial charge on any atom is -0.437 e. The normalized spacial score (nSPS) is 10.5. The number of hydrogen-bond acceptors (Lipinski definition) is 5. The Labute approximate surface area is 134 Å². The third kappa shape index (κ3) is 3.46. The van der Waals surface area contributed by atoms with Crippen LogP contribution in [0.25, 0.3) is 0 Å². The van der Waals surface area contributed by atoms with Crippen LogP contribution in [-0.2, 0) is 13.2 Å². The van der Waals surface area contributed by atoms with Gasteiger partial charge in [0, 0.05) is 17.8 Å². The van der Waals surface area contributed by atoms with Crippen molar-refractivity contribution in [3.63, 3.8) is 0 Å². The van der Waals surface area contributed by atoms with Gasteiger partial charge < -0.3 is 14.8 Å². The van der Waals surface area contributed by atoms with Crippen molar-refractivity contribution in [3.8, 4) is 0 Å². The van der Waals surface area contributed by atoms with E-state index in [1.807, 2.05) is 54.6 Å². The highest BCUT2D eigenvalue weighted by molar-refractivity contribution is 6.11. The molecule has 3 aromatic rings. The molecule has 23 heavy (non-hydrogen) atoms. The fraction of sp³-hybridized carbons (Fsp3) is 0.111. The molecule has 0 saturated carbocycles. The molecule has 116 valence electrons. The number of anilines is 1. The number of aromatic nitrogens is 1. The molecule has 5 nitrogen and oxygen atoms in total. The minimum atomic E-state index is -0.228. The summed E-state index contributed by atoms with van der Waals surface area (Å²) in [4.78, 5) is 4.04. The quantitative estimate of drug-likeness (QED) is 0.611. The van der Waals surface area contributed by atoms with E-state index in [0.29, 0.717) is 17.9 Å². The van der Waals surface area contributed by atoms with Gasteiger partial charge in [0.15, 0.2) is 0 Å². The monoisotopic (exact) mass is 307 g/mol. The summed E-state index contributed by atoms with van der Waals surface area (Å²) < 4.78 is 5.35. The van der Waals surface area contributed by atoms with E-state index in [1.54, 1.807) is 0 Å². The number of aliphatic hydroxyl groups excluding tert-OH is 1. The van der Waals surface area contributed by atoms with Crippen molar-refractivity contribution in [2.75, 3.05) is 5.32 Å². The maximum absolute atomic E-state index is 9.05. The van der Waals surface area contributed by atoms with Crippen molar-refractivity contribution in [1.29, 1.82) is 5.41 Å². The number of nitrogens with one attached hydrogen (secondary N) is 2. The third-order valence-corrected chi connectivity index (χ3v) is 3.45. The fourth-order valence-electron chi connectivity index (χ4n) is 2.26. The molecule has 1 aromatic heterocycles. The molecule has 2 aromatic carbocycles. The molecule has 0 aliphatic rings. The first kappa shape index (κ1) is 15.0. The second-order valence-electron chi connectivity index (χ2n) is 5.05. The summed E-state index contributed by atoms with van der Waals surface area (Å²) in [6.07, 6.45) is 1.43. The average Bonchev–Trinajstić information content (AvgIpc) is 3.10. The van der Waals surface area contributed by atoms with Gasteiger partial charge in [0.25, 0.3) is 0 Å². The van der Waals surface area contributed by atoms with Crippen LogP contribution in [0.15, 0.2) is 65.2 Å². The number of hydrogen-bond donors (Lipinski definition) is 3. The van der Waals surface area contributed by atoms with E-state index in [0.717, 1.165) is 11.3 Å². The van der Waals surface area contributed by atoms with Gasteiger partial charge in [-0.2, -0.15) is 0 Å². The fourth-order valence-corrected chi connectivity index (χ4v) is 2.26. The van der Waals surface area contributed by atoms with Gasteiger partial charge in [0.05, 0.1) is 6.20 Å². The second kappa shape index (κ2) is 6.89. The van der Waals surface area contributed by atoms with Gasteiger partial charge in [-0.3, -0.25) is 5.41 Å². The minimum absolute atomic E-state index is 0.181. The first-order chi connectivity index (χ1) is 11.3. The molecule has 3 rings (SSSR count). The van der Waals surface area contributed by atoms with Gasteiger partial charge in [0.1, 0.15) is 18.1 Å². The van der Waals surface area contributed by atoms with Gasteiger partial charge in [-0.1, -0.05) is 48.5 Å². The summed E-state index contributed by atoms with van der Waals surface area (Å²) in [6, 6.07) is 17.6. The number of para-hydroxylation sites is 1. The first-order valence-electron chi connectivity index (χ1n) is 7.29. The van der Waals surface area contributed by atoms with Crippen LogP contribution in [0.4, 0.5) is 5.69 Å². The molecule has 0 bridgehead atoms. The lowest BCUT2D eigenvalue weighted by atomic mass is 10.1. The number of oxazole rings is 1. The first-order valence-corrected chi connectivity index (χ1v) is 7.29. The number of rotatable bonds is 6. The van der Waals surface area contributed by atoms with Crippen molar-refractivity contribution >= 4 is 11.4 Å².